The highest BCUT2D eigenvalue weighted by molar-refractivity contribution is 9.10. The topological polar surface area (TPSA) is 61.7 Å². The van der Waals surface area contributed by atoms with E-state index in [9.17, 15) is 10.2 Å². The van der Waals surface area contributed by atoms with E-state index in [1.54, 1.807) is 7.11 Å². The first-order valence-electron chi connectivity index (χ1n) is 5.90. The lowest BCUT2D eigenvalue weighted by molar-refractivity contribution is 0.0862. The average Bonchev–Trinajstić information content (AvgIpc) is 2.41. The average molecular weight is 318 g/mol. The molecule has 102 valence electrons. The summed E-state index contributed by atoms with van der Waals surface area (Å²) in [5.41, 5.74) is 0.333. The molecular formula is C13H20BrNO3. The largest absolute Gasteiger partial charge is 0.496 e. The summed E-state index contributed by atoms with van der Waals surface area (Å²) in [5, 5.41) is 21.9. The molecule has 0 aliphatic rings. The third kappa shape index (κ3) is 3.68. The fraction of sp³-hybridized carbons (Fsp3) is 0.538. The van der Waals surface area contributed by atoms with E-state index in [-0.39, 0.29) is 13.2 Å². The monoisotopic (exact) mass is 317 g/mol. The molecule has 0 aliphatic carbocycles. The van der Waals surface area contributed by atoms with E-state index in [4.69, 9.17) is 4.74 Å². The van der Waals surface area contributed by atoms with Gasteiger partial charge in [0.15, 0.2) is 0 Å². The van der Waals surface area contributed by atoms with Gasteiger partial charge in [-0.3, -0.25) is 0 Å². The number of aliphatic hydroxyl groups excluding tert-OH is 2. The number of rotatable bonds is 7. The highest BCUT2D eigenvalue weighted by Crippen LogP contribution is 2.23. The maximum atomic E-state index is 9.37. The van der Waals surface area contributed by atoms with Crippen LogP contribution in [0.25, 0.3) is 0 Å². The van der Waals surface area contributed by atoms with Crippen molar-refractivity contribution >= 4 is 15.9 Å². The highest BCUT2D eigenvalue weighted by Gasteiger charge is 2.25. The lowest BCUT2D eigenvalue weighted by Crippen LogP contribution is -2.50. The molecule has 0 bridgehead atoms. The van der Waals surface area contributed by atoms with Gasteiger partial charge in [0.05, 0.1) is 25.9 Å². The summed E-state index contributed by atoms with van der Waals surface area (Å²) >= 11 is 3.42. The van der Waals surface area contributed by atoms with Crippen molar-refractivity contribution < 1.29 is 14.9 Å². The molecule has 0 saturated carbocycles. The van der Waals surface area contributed by atoms with Crippen LogP contribution in [0.4, 0.5) is 0 Å². The van der Waals surface area contributed by atoms with Gasteiger partial charge in [-0.1, -0.05) is 22.9 Å². The van der Waals surface area contributed by atoms with Crippen LogP contribution in [0, 0.1) is 0 Å². The third-order valence-electron chi connectivity index (χ3n) is 3.18. The second-order valence-electron chi connectivity index (χ2n) is 4.26. The van der Waals surface area contributed by atoms with Crippen LogP contribution in [0.2, 0.25) is 0 Å². The Morgan fingerprint density at radius 1 is 1.33 bits per heavy atom. The fourth-order valence-corrected chi connectivity index (χ4v) is 2.09. The van der Waals surface area contributed by atoms with Crippen LogP contribution in [0.1, 0.15) is 18.9 Å². The van der Waals surface area contributed by atoms with Gasteiger partial charge in [-0.05, 0) is 24.6 Å². The molecule has 0 unspecified atom stereocenters. The normalized spacial score (nSPS) is 11.6. The predicted molar refractivity (Wildman–Crippen MR) is 74.7 cm³/mol. The summed E-state index contributed by atoms with van der Waals surface area (Å²) in [6.07, 6.45) is 0.649. The zero-order chi connectivity index (χ0) is 13.6. The predicted octanol–water partition coefficient (Wildman–Crippen LogP) is 1.68. The Hall–Kier alpha value is -0.620. The number of ether oxygens (including phenoxy) is 1. The summed E-state index contributed by atoms with van der Waals surface area (Å²) in [6, 6.07) is 5.75. The summed E-state index contributed by atoms with van der Waals surface area (Å²) < 4.78 is 6.25. The van der Waals surface area contributed by atoms with E-state index in [0.29, 0.717) is 13.0 Å². The maximum absolute atomic E-state index is 9.37. The molecule has 0 radical (unpaired) electrons. The number of nitrogens with one attached hydrogen (secondary N) is 1. The van der Waals surface area contributed by atoms with Gasteiger partial charge in [0.25, 0.3) is 0 Å². The smallest absolute Gasteiger partial charge is 0.123 e. The van der Waals surface area contributed by atoms with E-state index in [1.807, 2.05) is 25.1 Å². The second-order valence-corrected chi connectivity index (χ2v) is 5.18. The molecular weight excluding hydrogens is 298 g/mol. The van der Waals surface area contributed by atoms with E-state index < -0.39 is 5.54 Å². The number of benzene rings is 1. The van der Waals surface area contributed by atoms with Crippen molar-refractivity contribution in [2.24, 2.45) is 0 Å². The molecule has 0 fully saturated rings. The minimum atomic E-state index is -0.646. The van der Waals surface area contributed by atoms with Crippen LogP contribution in [0.5, 0.6) is 5.75 Å². The lowest BCUT2D eigenvalue weighted by atomic mass is 9.98. The highest BCUT2D eigenvalue weighted by atomic mass is 79.9. The first-order valence-corrected chi connectivity index (χ1v) is 6.69. The zero-order valence-electron chi connectivity index (χ0n) is 10.7. The minimum Gasteiger partial charge on any atom is -0.496 e. The van der Waals surface area contributed by atoms with Gasteiger partial charge in [-0.25, -0.2) is 0 Å². The summed E-state index contributed by atoms with van der Waals surface area (Å²) in [7, 11) is 1.62. The standard InChI is InChI=1S/C13H20BrNO3/c1-3-13(8-16,9-17)15-7-10-6-11(14)4-5-12(10)18-2/h4-6,15-17H,3,7-9H2,1-2H3. The number of halogens is 1. The van der Waals surface area contributed by atoms with Gasteiger partial charge in [-0.2, -0.15) is 0 Å². The van der Waals surface area contributed by atoms with Crippen LogP contribution < -0.4 is 10.1 Å². The third-order valence-corrected chi connectivity index (χ3v) is 3.67. The van der Waals surface area contributed by atoms with Crippen LogP contribution in [0.15, 0.2) is 22.7 Å². The van der Waals surface area contributed by atoms with Gasteiger partial charge in [-0.15, -0.1) is 0 Å². The first kappa shape index (κ1) is 15.4. The van der Waals surface area contributed by atoms with Crippen molar-refractivity contribution in [3.8, 4) is 5.75 Å². The molecule has 1 aromatic carbocycles. The Morgan fingerprint density at radius 3 is 2.50 bits per heavy atom. The van der Waals surface area contributed by atoms with Crippen LogP contribution >= 0.6 is 15.9 Å². The molecule has 0 atom stereocenters. The van der Waals surface area contributed by atoms with Gasteiger partial charge in [0.2, 0.25) is 0 Å². The molecule has 0 amide bonds. The lowest BCUT2D eigenvalue weighted by Gasteiger charge is -2.30. The van der Waals surface area contributed by atoms with Crippen molar-refractivity contribution in [2.75, 3.05) is 20.3 Å². The molecule has 3 N–H and O–H groups in total. The molecule has 18 heavy (non-hydrogen) atoms. The number of hydrogen-bond donors (Lipinski definition) is 3. The number of aliphatic hydroxyl groups is 2. The van der Waals surface area contributed by atoms with Crippen molar-refractivity contribution in [1.82, 2.24) is 5.32 Å². The Bertz CT molecular complexity index is 372. The fourth-order valence-electron chi connectivity index (χ4n) is 1.68. The second kappa shape index (κ2) is 7.09. The zero-order valence-corrected chi connectivity index (χ0v) is 12.3. The van der Waals surface area contributed by atoms with Crippen molar-refractivity contribution in [3.63, 3.8) is 0 Å². The molecule has 0 aliphatic heterocycles. The Kier molecular flexibility index (Phi) is 6.08. The number of methoxy groups -OCH3 is 1. The van der Waals surface area contributed by atoms with Crippen molar-refractivity contribution in [3.05, 3.63) is 28.2 Å². The Morgan fingerprint density at radius 2 is 2.00 bits per heavy atom. The molecule has 4 nitrogen and oxygen atoms in total. The molecule has 0 saturated heterocycles. The summed E-state index contributed by atoms with van der Waals surface area (Å²) in [6.45, 7) is 2.25. The van der Waals surface area contributed by atoms with Gasteiger partial charge >= 0.3 is 0 Å². The van der Waals surface area contributed by atoms with Gasteiger partial charge in [0, 0.05) is 16.6 Å². The molecule has 0 aromatic heterocycles. The Labute approximate surface area is 116 Å². The molecule has 0 spiro atoms. The van der Waals surface area contributed by atoms with Gasteiger partial charge in [0.1, 0.15) is 5.75 Å². The van der Waals surface area contributed by atoms with E-state index in [1.165, 1.54) is 0 Å². The van der Waals surface area contributed by atoms with E-state index in [2.05, 4.69) is 21.2 Å². The SMILES string of the molecule is CCC(CO)(CO)NCc1cc(Br)ccc1OC. The Balaban J connectivity index is 2.81. The van der Waals surface area contributed by atoms with E-state index >= 15 is 0 Å². The van der Waals surface area contributed by atoms with Crippen LogP contribution in [-0.2, 0) is 6.54 Å². The van der Waals surface area contributed by atoms with E-state index in [0.717, 1.165) is 15.8 Å². The van der Waals surface area contributed by atoms with Crippen molar-refractivity contribution in [2.45, 2.75) is 25.4 Å². The van der Waals surface area contributed by atoms with Crippen LogP contribution in [0.3, 0.4) is 0 Å². The quantitative estimate of drug-likeness (QED) is 0.716. The molecule has 5 heteroatoms. The summed E-state index contributed by atoms with van der Waals surface area (Å²) in [5.74, 6) is 0.784. The van der Waals surface area contributed by atoms with Crippen LogP contribution in [-0.4, -0.2) is 36.1 Å². The van der Waals surface area contributed by atoms with Gasteiger partial charge < -0.3 is 20.3 Å². The summed E-state index contributed by atoms with van der Waals surface area (Å²) in [4.78, 5) is 0. The van der Waals surface area contributed by atoms with Crippen molar-refractivity contribution in [1.29, 1.82) is 0 Å². The first-order chi connectivity index (χ1) is 8.60. The molecule has 1 rings (SSSR count). The molecule has 1 aromatic rings. The number of hydrogen-bond acceptors (Lipinski definition) is 4. The minimum absolute atomic E-state index is 0.101. The molecule has 0 heterocycles. The maximum Gasteiger partial charge on any atom is 0.123 e.